The topological polar surface area (TPSA) is 20.3 Å². The lowest BCUT2D eigenvalue weighted by Crippen LogP contribution is -2.52. The fraction of sp³-hybridized carbons (Fsp3) is 0.286. The molecule has 0 aliphatic heterocycles. The quantitative estimate of drug-likeness (QED) is 0.704. The van der Waals surface area contributed by atoms with E-state index in [1.165, 1.54) is 5.56 Å². The second kappa shape index (κ2) is 7.38. The Balaban J connectivity index is 2.39. The summed E-state index contributed by atoms with van der Waals surface area (Å²) in [6, 6.07) is 17.9. The molecular formula is C21H25NO. The second-order valence-corrected chi connectivity index (χ2v) is 6.10. The normalized spacial score (nSPS) is 13.6. The molecule has 2 aromatic rings. The molecular weight excluding hydrogens is 282 g/mol. The molecule has 0 bridgehead atoms. The van der Waals surface area contributed by atoms with Gasteiger partial charge in [0, 0.05) is 5.56 Å². The van der Waals surface area contributed by atoms with Crippen LogP contribution in [0.4, 0.5) is 0 Å². The average molecular weight is 307 g/mol. The molecule has 0 radical (unpaired) electrons. The highest BCUT2D eigenvalue weighted by Gasteiger charge is 2.39. The van der Waals surface area contributed by atoms with Crippen molar-refractivity contribution < 1.29 is 4.79 Å². The summed E-state index contributed by atoms with van der Waals surface area (Å²) < 4.78 is 0. The smallest absolute Gasteiger partial charge is 0.183 e. The van der Waals surface area contributed by atoms with Gasteiger partial charge in [0.2, 0.25) is 0 Å². The molecule has 23 heavy (non-hydrogen) atoms. The molecule has 0 heterocycles. The Kier molecular flexibility index (Phi) is 5.51. The van der Waals surface area contributed by atoms with E-state index < -0.39 is 5.54 Å². The van der Waals surface area contributed by atoms with Gasteiger partial charge in [0.15, 0.2) is 5.78 Å². The number of nitrogens with zero attached hydrogens (tertiary/aromatic N) is 1. The Morgan fingerprint density at radius 1 is 1.09 bits per heavy atom. The van der Waals surface area contributed by atoms with Gasteiger partial charge in [-0.2, -0.15) is 0 Å². The number of carbonyl (C=O) groups is 1. The van der Waals surface area contributed by atoms with E-state index in [9.17, 15) is 4.79 Å². The Bertz CT molecular complexity index is 658. The molecule has 2 aromatic carbocycles. The number of ketones is 1. The number of likely N-dealkylation sites (N-methyl/N-ethyl adjacent to an activating group) is 1. The maximum Gasteiger partial charge on any atom is 0.183 e. The average Bonchev–Trinajstić information content (AvgIpc) is 2.60. The van der Waals surface area contributed by atoms with Crippen LogP contribution in [0.2, 0.25) is 0 Å². The zero-order chi connectivity index (χ0) is 16.9. The largest absolute Gasteiger partial charge is 0.297 e. The van der Waals surface area contributed by atoms with E-state index in [1.807, 2.05) is 56.6 Å². The summed E-state index contributed by atoms with van der Waals surface area (Å²) in [6.07, 6.45) is 3.26. The summed E-state index contributed by atoms with van der Waals surface area (Å²) in [5.74, 6) is 0.171. The van der Waals surface area contributed by atoms with Crippen molar-refractivity contribution >= 4 is 11.9 Å². The number of carbonyl (C=O) groups excluding carboxylic acids is 1. The fourth-order valence-corrected chi connectivity index (χ4v) is 3.02. The Morgan fingerprint density at radius 3 is 2.17 bits per heavy atom. The van der Waals surface area contributed by atoms with Crippen LogP contribution < -0.4 is 0 Å². The van der Waals surface area contributed by atoms with Crippen LogP contribution in [0.1, 0.15) is 34.8 Å². The SMILES string of the molecule is C=Cc1ccc(C(=O)C(CC)(Cc2ccccc2)N(C)C)cc1. The van der Waals surface area contributed by atoms with Crippen molar-refractivity contribution in [1.29, 1.82) is 0 Å². The highest BCUT2D eigenvalue weighted by Crippen LogP contribution is 2.28. The first-order valence-electron chi connectivity index (χ1n) is 8.02. The lowest BCUT2D eigenvalue weighted by atomic mass is 9.80. The minimum Gasteiger partial charge on any atom is -0.297 e. The zero-order valence-corrected chi connectivity index (χ0v) is 14.3. The van der Waals surface area contributed by atoms with E-state index in [2.05, 4.69) is 30.5 Å². The first-order chi connectivity index (χ1) is 11.0. The predicted octanol–water partition coefficient (Wildman–Crippen LogP) is 4.47. The van der Waals surface area contributed by atoms with Gasteiger partial charge in [0.25, 0.3) is 0 Å². The van der Waals surface area contributed by atoms with E-state index in [0.29, 0.717) is 6.42 Å². The minimum absolute atomic E-state index is 0.171. The van der Waals surface area contributed by atoms with Gasteiger partial charge in [-0.25, -0.2) is 0 Å². The maximum atomic E-state index is 13.3. The van der Waals surface area contributed by atoms with E-state index in [1.54, 1.807) is 6.08 Å². The van der Waals surface area contributed by atoms with E-state index in [-0.39, 0.29) is 5.78 Å². The van der Waals surface area contributed by atoms with Gasteiger partial charge in [0.05, 0.1) is 5.54 Å². The van der Waals surface area contributed by atoms with Gasteiger partial charge in [0.1, 0.15) is 0 Å². The van der Waals surface area contributed by atoms with Crippen LogP contribution in [0.15, 0.2) is 61.2 Å². The molecule has 0 aliphatic carbocycles. The number of rotatable bonds is 7. The fourth-order valence-electron chi connectivity index (χ4n) is 3.02. The Labute approximate surface area is 139 Å². The van der Waals surface area contributed by atoms with Gasteiger partial charge in [-0.05, 0) is 38.1 Å². The molecule has 0 saturated carbocycles. The summed E-state index contributed by atoms with van der Waals surface area (Å²) in [6.45, 7) is 5.84. The summed E-state index contributed by atoms with van der Waals surface area (Å²) in [5, 5.41) is 0. The first kappa shape index (κ1) is 17.2. The lowest BCUT2D eigenvalue weighted by Gasteiger charge is -2.38. The summed E-state index contributed by atoms with van der Waals surface area (Å²) in [7, 11) is 3.98. The highest BCUT2D eigenvalue weighted by atomic mass is 16.1. The second-order valence-electron chi connectivity index (χ2n) is 6.10. The van der Waals surface area contributed by atoms with Crippen LogP contribution in [0.3, 0.4) is 0 Å². The number of hydrogen-bond donors (Lipinski definition) is 0. The van der Waals surface area contributed by atoms with Crippen LogP contribution in [-0.4, -0.2) is 30.3 Å². The molecule has 1 atom stereocenters. The predicted molar refractivity (Wildman–Crippen MR) is 97.7 cm³/mol. The van der Waals surface area contributed by atoms with Crippen molar-refractivity contribution in [2.45, 2.75) is 25.3 Å². The molecule has 2 nitrogen and oxygen atoms in total. The lowest BCUT2D eigenvalue weighted by molar-refractivity contribution is 0.0666. The molecule has 1 unspecified atom stereocenters. The van der Waals surface area contributed by atoms with Crippen molar-refractivity contribution in [3.63, 3.8) is 0 Å². The number of Topliss-reactive ketones (excluding diaryl/α,β-unsaturated/α-hetero) is 1. The molecule has 0 saturated heterocycles. The van der Waals surface area contributed by atoms with Crippen LogP contribution in [-0.2, 0) is 6.42 Å². The summed E-state index contributed by atoms with van der Waals surface area (Å²) in [4.78, 5) is 15.3. The third kappa shape index (κ3) is 3.59. The maximum absolute atomic E-state index is 13.3. The summed E-state index contributed by atoms with van der Waals surface area (Å²) >= 11 is 0. The third-order valence-electron chi connectivity index (χ3n) is 4.61. The van der Waals surface area contributed by atoms with Gasteiger partial charge in [-0.1, -0.05) is 74.2 Å². The molecule has 0 N–H and O–H groups in total. The minimum atomic E-state index is -0.531. The van der Waals surface area contributed by atoms with Crippen molar-refractivity contribution in [2.24, 2.45) is 0 Å². The first-order valence-corrected chi connectivity index (χ1v) is 8.02. The van der Waals surface area contributed by atoms with E-state index >= 15 is 0 Å². The van der Waals surface area contributed by atoms with Crippen molar-refractivity contribution in [2.75, 3.05) is 14.1 Å². The number of hydrogen-bond acceptors (Lipinski definition) is 2. The van der Waals surface area contributed by atoms with Gasteiger partial charge >= 0.3 is 0 Å². The van der Waals surface area contributed by atoms with Crippen LogP contribution >= 0.6 is 0 Å². The molecule has 0 aromatic heterocycles. The van der Waals surface area contributed by atoms with E-state index in [0.717, 1.165) is 17.5 Å². The van der Waals surface area contributed by atoms with Crippen LogP contribution in [0.5, 0.6) is 0 Å². The summed E-state index contributed by atoms with van der Waals surface area (Å²) in [5.41, 5.74) is 2.43. The van der Waals surface area contributed by atoms with Gasteiger partial charge in [-0.15, -0.1) is 0 Å². The Hall–Kier alpha value is -2.19. The molecule has 120 valence electrons. The zero-order valence-electron chi connectivity index (χ0n) is 14.3. The Morgan fingerprint density at radius 2 is 1.70 bits per heavy atom. The monoisotopic (exact) mass is 307 g/mol. The number of benzene rings is 2. The third-order valence-corrected chi connectivity index (χ3v) is 4.61. The van der Waals surface area contributed by atoms with E-state index in [4.69, 9.17) is 0 Å². The molecule has 0 amide bonds. The highest BCUT2D eigenvalue weighted by molar-refractivity contribution is 6.03. The van der Waals surface area contributed by atoms with Crippen molar-refractivity contribution in [3.8, 4) is 0 Å². The van der Waals surface area contributed by atoms with Crippen molar-refractivity contribution in [1.82, 2.24) is 4.90 Å². The molecule has 0 spiro atoms. The van der Waals surface area contributed by atoms with Gasteiger partial charge in [-0.3, -0.25) is 9.69 Å². The molecule has 2 rings (SSSR count). The molecule has 0 fully saturated rings. The van der Waals surface area contributed by atoms with Gasteiger partial charge < -0.3 is 0 Å². The van der Waals surface area contributed by atoms with Crippen molar-refractivity contribution in [3.05, 3.63) is 77.9 Å². The molecule has 2 heteroatoms. The standard InChI is InChI=1S/C21H25NO/c1-5-17-12-14-19(15-13-17)20(23)21(6-2,22(3)4)16-18-10-8-7-9-11-18/h5,7-15H,1,6,16H2,2-4H3. The molecule has 0 aliphatic rings. The van der Waals surface area contributed by atoms with Crippen LogP contribution in [0.25, 0.3) is 6.08 Å². The van der Waals surface area contributed by atoms with Crippen LogP contribution in [0, 0.1) is 0 Å².